The zero-order valence-electron chi connectivity index (χ0n) is 16.4. The molecule has 3 heterocycles. The Balaban J connectivity index is 1.62. The van der Waals surface area contributed by atoms with Crippen LogP contribution in [0.5, 0.6) is 0 Å². The Morgan fingerprint density at radius 3 is 3.00 bits per heavy atom. The Labute approximate surface area is 164 Å². The summed E-state index contributed by atoms with van der Waals surface area (Å²) in [6.45, 7) is 6.51. The number of hydrogen-bond donors (Lipinski definition) is 1. The monoisotopic (exact) mass is 378 g/mol. The van der Waals surface area contributed by atoms with Gasteiger partial charge in [-0.1, -0.05) is 26.0 Å². The molecule has 1 fully saturated rings. The summed E-state index contributed by atoms with van der Waals surface area (Å²) in [5, 5.41) is 2.99. The van der Waals surface area contributed by atoms with Crippen LogP contribution in [0.2, 0.25) is 0 Å². The molecule has 146 valence electrons. The first-order valence-corrected chi connectivity index (χ1v) is 9.93. The molecule has 6 heteroatoms. The number of pyridine rings is 1. The second-order valence-electron chi connectivity index (χ2n) is 7.71. The third-order valence-corrected chi connectivity index (χ3v) is 4.95. The first-order valence-electron chi connectivity index (χ1n) is 9.93. The SMILES string of the molecule is CC(C)Cn1c(-c2cccc(C(=O)NC[C@H]3CCCO3)c2)nc2cccnc21. The van der Waals surface area contributed by atoms with Crippen LogP contribution in [0.3, 0.4) is 0 Å². The van der Waals surface area contributed by atoms with E-state index in [0.29, 0.717) is 18.0 Å². The van der Waals surface area contributed by atoms with Crippen molar-refractivity contribution in [3.8, 4) is 11.4 Å². The average Bonchev–Trinajstić information content (AvgIpc) is 3.34. The number of imidazole rings is 1. The van der Waals surface area contributed by atoms with Gasteiger partial charge in [0.2, 0.25) is 0 Å². The third kappa shape index (κ3) is 3.92. The van der Waals surface area contributed by atoms with Gasteiger partial charge in [0.05, 0.1) is 6.10 Å². The van der Waals surface area contributed by atoms with Crippen molar-refractivity contribution in [1.82, 2.24) is 19.9 Å². The van der Waals surface area contributed by atoms with Gasteiger partial charge in [0.25, 0.3) is 5.91 Å². The number of nitrogens with one attached hydrogen (secondary N) is 1. The molecular formula is C22H26N4O2. The Morgan fingerprint density at radius 1 is 1.32 bits per heavy atom. The van der Waals surface area contributed by atoms with Gasteiger partial charge in [-0.15, -0.1) is 0 Å². The molecule has 0 bridgehead atoms. The molecule has 0 saturated carbocycles. The van der Waals surface area contributed by atoms with Gasteiger partial charge in [-0.2, -0.15) is 0 Å². The first kappa shape index (κ1) is 18.6. The lowest BCUT2D eigenvalue weighted by Crippen LogP contribution is -2.31. The number of rotatable bonds is 6. The van der Waals surface area contributed by atoms with Crippen molar-refractivity contribution in [3.05, 3.63) is 48.2 Å². The fourth-order valence-corrected chi connectivity index (χ4v) is 3.63. The Bertz CT molecular complexity index is 974. The molecule has 1 amide bonds. The van der Waals surface area contributed by atoms with Gasteiger partial charge in [0, 0.05) is 37.0 Å². The number of carbonyl (C=O) groups is 1. The molecule has 6 nitrogen and oxygen atoms in total. The molecule has 1 aromatic carbocycles. The van der Waals surface area contributed by atoms with Crippen molar-refractivity contribution < 1.29 is 9.53 Å². The summed E-state index contributed by atoms with van der Waals surface area (Å²) in [7, 11) is 0. The molecule has 0 aliphatic carbocycles. The van der Waals surface area contributed by atoms with E-state index in [1.54, 1.807) is 6.20 Å². The van der Waals surface area contributed by atoms with E-state index in [-0.39, 0.29) is 12.0 Å². The maximum absolute atomic E-state index is 12.6. The van der Waals surface area contributed by atoms with Crippen LogP contribution in [0.4, 0.5) is 0 Å². The van der Waals surface area contributed by atoms with E-state index in [4.69, 9.17) is 9.72 Å². The first-order chi connectivity index (χ1) is 13.6. The van der Waals surface area contributed by atoms with Crippen molar-refractivity contribution >= 4 is 17.1 Å². The smallest absolute Gasteiger partial charge is 0.251 e. The van der Waals surface area contributed by atoms with Crippen LogP contribution in [0.15, 0.2) is 42.6 Å². The number of fused-ring (bicyclic) bond motifs is 1. The normalized spacial score (nSPS) is 16.8. The summed E-state index contributed by atoms with van der Waals surface area (Å²) in [5.41, 5.74) is 3.29. The van der Waals surface area contributed by atoms with E-state index in [0.717, 1.165) is 48.5 Å². The van der Waals surface area contributed by atoms with Crippen molar-refractivity contribution in [2.75, 3.05) is 13.2 Å². The number of nitrogens with zero attached hydrogens (tertiary/aromatic N) is 3. The van der Waals surface area contributed by atoms with E-state index in [2.05, 4.69) is 28.7 Å². The second kappa shape index (κ2) is 8.10. The highest BCUT2D eigenvalue weighted by molar-refractivity contribution is 5.95. The molecule has 1 N–H and O–H groups in total. The summed E-state index contributed by atoms with van der Waals surface area (Å²) < 4.78 is 7.73. The third-order valence-electron chi connectivity index (χ3n) is 4.95. The van der Waals surface area contributed by atoms with Crippen molar-refractivity contribution in [2.45, 2.75) is 39.3 Å². The minimum Gasteiger partial charge on any atom is -0.376 e. The van der Waals surface area contributed by atoms with Crippen LogP contribution in [0, 0.1) is 5.92 Å². The van der Waals surface area contributed by atoms with Gasteiger partial charge >= 0.3 is 0 Å². The lowest BCUT2D eigenvalue weighted by Gasteiger charge is -2.13. The summed E-state index contributed by atoms with van der Waals surface area (Å²) in [6.07, 6.45) is 4.00. The fraction of sp³-hybridized carbons (Fsp3) is 0.409. The topological polar surface area (TPSA) is 69.0 Å². The number of ether oxygens (including phenoxy) is 1. The highest BCUT2D eigenvalue weighted by Crippen LogP contribution is 2.25. The summed E-state index contributed by atoms with van der Waals surface area (Å²) in [5.74, 6) is 1.22. The van der Waals surface area contributed by atoms with Crippen molar-refractivity contribution in [1.29, 1.82) is 0 Å². The van der Waals surface area contributed by atoms with Crippen molar-refractivity contribution in [2.24, 2.45) is 5.92 Å². The van der Waals surface area contributed by atoms with E-state index in [1.807, 2.05) is 36.4 Å². The summed E-state index contributed by atoms with van der Waals surface area (Å²) >= 11 is 0. The molecule has 4 rings (SSSR count). The highest BCUT2D eigenvalue weighted by atomic mass is 16.5. The Kier molecular flexibility index (Phi) is 5.39. The van der Waals surface area contributed by atoms with Crippen LogP contribution >= 0.6 is 0 Å². The van der Waals surface area contributed by atoms with E-state index < -0.39 is 0 Å². The predicted octanol–water partition coefficient (Wildman–Crippen LogP) is 3.66. The van der Waals surface area contributed by atoms with Crippen LogP contribution in [0.1, 0.15) is 37.0 Å². The van der Waals surface area contributed by atoms with Gasteiger partial charge < -0.3 is 14.6 Å². The molecule has 1 atom stereocenters. The van der Waals surface area contributed by atoms with Gasteiger partial charge in [-0.05, 0) is 43.0 Å². The maximum Gasteiger partial charge on any atom is 0.251 e. The Morgan fingerprint density at radius 2 is 2.21 bits per heavy atom. The number of hydrogen-bond acceptors (Lipinski definition) is 4. The van der Waals surface area contributed by atoms with Crippen LogP contribution in [-0.4, -0.2) is 39.7 Å². The van der Waals surface area contributed by atoms with Gasteiger partial charge in [-0.25, -0.2) is 9.97 Å². The lowest BCUT2D eigenvalue weighted by molar-refractivity contribution is 0.0858. The van der Waals surface area contributed by atoms with Gasteiger partial charge in [0.1, 0.15) is 11.3 Å². The maximum atomic E-state index is 12.6. The second-order valence-corrected chi connectivity index (χ2v) is 7.71. The number of aromatic nitrogens is 3. The number of amides is 1. The van der Waals surface area contributed by atoms with Crippen LogP contribution < -0.4 is 5.32 Å². The van der Waals surface area contributed by atoms with Gasteiger partial charge in [0.15, 0.2) is 5.65 Å². The predicted molar refractivity (Wildman–Crippen MR) is 109 cm³/mol. The molecule has 1 aliphatic heterocycles. The molecular weight excluding hydrogens is 352 g/mol. The van der Waals surface area contributed by atoms with Crippen LogP contribution in [0.25, 0.3) is 22.6 Å². The largest absolute Gasteiger partial charge is 0.376 e. The average molecular weight is 378 g/mol. The standard InChI is InChI=1S/C22H26N4O2/c1-15(2)14-26-20(25-19-9-4-10-23-21(19)26)16-6-3-7-17(12-16)22(27)24-13-18-8-5-11-28-18/h3-4,6-7,9-10,12,15,18H,5,8,11,13-14H2,1-2H3,(H,24,27)/t18-/m1/s1. The zero-order valence-corrected chi connectivity index (χ0v) is 16.4. The summed E-state index contributed by atoms with van der Waals surface area (Å²) in [4.78, 5) is 21.9. The minimum atomic E-state index is -0.0815. The molecule has 28 heavy (non-hydrogen) atoms. The molecule has 1 aliphatic rings. The lowest BCUT2D eigenvalue weighted by atomic mass is 10.1. The molecule has 0 spiro atoms. The summed E-state index contributed by atoms with van der Waals surface area (Å²) in [6, 6.07) is 11.5. The number of carbonyl (C=O) groups excluding carboxylic acids is 1. The quantitative estimate of drug-likeness (QED) is 0.711. The highest BCUT2D eigenvalue weighted by Gasteiger charge is 2.18. The zero-order chi connectivity index (χ0) is 19.5. The number of benzene rings is 1. The van der Waals surface area contributed by atoms with Crippen molar-refractivity contribution in [3.63, 3.8) is 0 Å². The molecule has 1 saturated heterocycles. The molecule has 2 aromatic heterocycles. The van der Waals surface area contributed by atoms with Crippen LogP contribution in [-0.2, 0) is 11.3 Å². The molecule has 3 aromatic rings. The van der Waals surface area contributed by atoms with E-state index in [9.17, 15) is 4.79 Å². The minimum absolute atomic E-state index is 0.0815. The molecule has 0 unspecified atom stereocenters. The Hall–Kier alpha value is -2.73. The van der Waals surface area contributed by atoms with E-state index in [1.165, 1.54) is 0 Å². The van der Waals surface area contributed by atoms with Gasteiger partial charge in [-0.3, -0.25) is 4.79 Å². The molecule has 0 radical (unpaired) electrons. The fourth-order valence-electron chi connectivity index (χ4n) is 3.63. The van der Waals surface area contributed by atoms with E-state index >= 15 is 0 Å².